The standard InChI is InChI=1S/C13H23O3P/c1-4-7-10-17(15,11-8-5-2)12-13(14)16-9-6-3/h3H,4-5,7-12H2,1-2H3. The Kier molecular flexibility index (Phi) is 8.90. The summed E-state index contributed by atoms with van der Waals surface area (Å²) in [4.78, 5) is 11.5. The van der Waals surface area contributed by atoms with Crippen molar-refractivity contribution in [1.82, 2.24) is 0 Å². The van der Waals surface area contributed by atoms with Crippen LogP contribution in [0.15, 0.2) is 0 Å². The third-order valence-corrected chi connectivity index (χ3v) is 5.67. The minimum absolute atomic E-state index is 0.0274. The summed E-state index contributed by atoms with van der Waals surface area (Å²) >= 11 is 0. The summed E-state index contributed by atoms with van der Waals surface area (Å²) in [6.07, 6.45) is 10.2. The van der Waals surface area contributed by atoms with Crippen molar-refractivity contribution in [2.24, 2.45) is 0 Å². The zero-order valence-electron chi connectivity index (χ0n) is 10.9. The lowest BCUT2D eigenvalue weighted by atomic mass is 10.4. The molecule has 0 unspecified atom stereocenters. The summed E-state index contributed by atoms with van der Waals surface area (Å²) in [5, 5.41) is 0. The normalized spacial score (nSPS) is 10.9. The molecular weight excluding hydrogens is 235 g/mol. The van der Waals surface area contributed by atoms with Crippen LogP contribution in [-0.4, -0.2) is 31.1 Å². The third kappa shape index (κ3) is 8.05. The van der Waals surface area contributed by atoms with E-state index in [1.54, 1.807) is 0 Å². The van der Waals surface area contributed by atoms with Crippen molar-refractivity contribution in [3.8, 4) is 12.3 Å². The van der Waals surface area contributed by atoms with Crippen LogP contribution in [0.2, 0.25) is 0 Å². The molecule has 0 aliphatic heterocycles. The van der Waals surface area contributed by atoms with Gasteiger partial charge in [0.1, 0.15) is 0 Å². The molecule has 0 amide bonds. The van der Waals surface area contributed by atoms with Crippen molar-refractivity contribution in [3.63, 3.8) is 0 Å². The fraction of sp³-hybridized carbons (Fsp3) is 0.769. The third-order valence-electron chi connectivity index (χ3n) is 2.57. The first-order chi connectivity index (χ1) is 8.08. The Balaban J connectivity index is 4.31. The molecule has 0 N–H and O–H groups in total. The van der Waals surface area contributed by atoms with Crippen LogP contribution < -0.4 is 0 Å². The van der Waals surface area contributed by atoms with Gasteiger partial charge in [0.15, 0.2) is 6.61 Å². The van der Waals surface area contributed by atoms with E-state index in [4.69, 9.17) is 11.2 Å². The molecule has 0 heterocycles. The molecule has 0 bridgehead atoms. The van der Waals surface area contributed by atoms with E-state index >= 15 is 0 Å². The monoisotopic (exact) mass is 258 g/mol. The number of unbranched alkanes of at least 4 members (excludes halogenated alkanes) is 2. The Bertz CT molecular complexity index is 292. The van der Waals surface area contributed by atoms with Crippen LogP contribution in [0.1, 0.15) is 39.5 Å². The summed E-state index contributed by atoms with van der Waals surface area (Å²) in [7, 11) is -2.39. The quantitative estimate of drug-likeness (QED) is 0.362. The number of carbonyl (C=O) groups is 1. The number of esters is 1. The van der Waals surface area contributed by atoms with Gasteiger partial charge >= 0.3 is 5.97 Å². The van der Waals surface area contributed by atoms with Gasteiger partial charge in [-0.15, -0.1) is 6.42 Å². The molecule has 4 heteroatoms. The zero-order chi connectivity index (χ0) is 13.1. The van der Waals surface area contributed by atoms with E-state index in [2.05, 4.69) is 19.8 Å². The minimum atomic E-state index is -2.39. The average Bonchev–Trinajstić information content (AvgIpc) is 2.31. The summed E-state index contributed by atoms with van der Waals surface area (Å²) < 4.78 is 17.4. The average molecular weight is 258 g/mol. The first-order valence-corrected chi connectivity index (χ1v) is 8.50. The van der Waals surface area contributed by atoms with Gasteiger partial charge < -0.3 is 9.30 Å². The smallest absolute Gasteiger partial charge is 0.314 e. The fourth-order valence-corrected chi connectivity index (χ4v) is 4.45. The molecule has 0 spiro atoms. The lowest BCUT2D eigenvalue weighted by Crippen LogP contribution is -2.13. The molecule has 0 rings (SSSR count). The molecule has 0 aliphatic carbocycles. The largest absolute Gasteiger partial charge is 0.452 e. The number of hydrogen-bond acceptors (Lipinski definition) is 3. The molecular formula is C13H23O3P. The Morgan fingerprint density at radius 3 is 2.18 bits per heavy atom. The topological polar surface area (TPSA) is 43.4 Å². The predicted molar refractivity (Wildman–Crippen MR) is 71.8 cm³/mol. The van der Waals surface area contributed by atoms with E-state index in [9.17, 15) is 9.36 Å². The molecule has 3 nitrogen and oxygen atoms in total. The van der Waals surface area contributed by atoms with E-state index in [1.165, 1.54) is 0 Å². The molecule has 0 saturated heterocycles. The molecule has 17 heavy (non-hydrogen) atoms. The van der Waals surface area contributed by atoms with Gasteiger partial charge in [-0.05, 0) is 12.8 Å². The van der Waals surface area contributed by atoms with E-state index < -0.39 is 13.1 Å². The summed E-state index contributed by atoms with van der Waals surface area (Å²) in [5.74, 6) is 1.82. The molecule has 0 saturated carbocycles. The molecule has 0 aromatic rings. The highest BCUT2D eigenvalue weighted by Crippen LogP contribution is 2.47. The van der Waals surface area contributed by atoms with Crippen LogP contribution in [-0.2, 0) is 14.1 Å². The molecule has 0 aliphatic rings. The van der Waals surface area contributed by atoms with Gasteiger partial charge in [0.2, 0.25) is 0 Å². The highest BCUT2D eigenvalue weighted by molar-refractivity contribution is 7.64. The molecule has 0 atom stereocenters. The fourth-order valence-electron chi connectivity index (χ4n) is 1.57. The maximum Gasteiger partial charge on any atom is 0.314 e. The zero-order valence-corrected chi connectivity index (χ0v) is 11.8. The van der Waals surface area contributed by atoms with Crippen molar-refractivity contribution in [3.05, 3.63) is 0 Å². The van der Waals surface area contributed by atoms with Crippen molar-refractivity contribution in [2.75, 3.05) is 25.1 Å². The first kappa shape index (κ1) is 16.3. The van der Waals surface area contributed by atoms with E-state index in [0.29, 0.717) is 12.3 Å². The second kappa shape index (κ2) is 9.31. The molecule has 98 valence electrons. The highest BCUT2D eigenvalue weighted by atomic mass is 31.2. The Labute approximate surface area is 105 Å². The molecule has 0 aromatic carbocycles. The number of rotatable bonds is 9. The molecule has 0 aromatic heterocycles. The number of terminal acetylenes is 1. The van der Waals surface area contributed by atoms with Crippen molar-refractivity contribution < 1.29 is 14.1 Å². The van der Waals surface area contributed by atoms with Gasteiger partial charge in [0, 0.05) is 12.3 Å². The number of carbonyl (C=O) groups excluding carboxylic acids is 1. The van der Waals surface area contributed by atoms with Gasteiger partial charge in [0.25, 0.3) is 0 Å². The van der Waals surface area contributed by atoms with Crippen LogP contribution in [0.25, 0.3) is 0 Å². The molecule has 0 radical (unpaired) electrons. The predicted octanol–water partition coefficient (Wildman–Crippen LogP) is 3.13. The maximum absolute atomic E-state index is 12.6. The second-order valence-electron chi connectivity index (χ2n) is 4.24. The van der Waals surface area contributed by atoms with Gasteiger partial charge in [-0.1, -0.05) is 32.6 Å². The van der Waals surface area contributed by atoms with E-state index in [-0.39, 0.29) is 12.8 Å². The van der Waals surface area contributed by atoms with E-state index in [0.717, 1.165) is 25.7 Å². The highest BCUT2D eigenvalue weighted by Gasteiger charge is 2.25. The number of ether oxygens (including phenoxy) is 1. The SMILES string of the molecule is C#CCOC(=O)CP(=O)(CCCC)CCCC. The Morgan fingerprint density at radius 2 is 1.76 bits per heavy atom. The Hall–Kier alpha value is -0.740. The van der Waals surface area contributed by atoms with Crippen LogP contribution in [0.5, 0.6) is 0 Å². The number of hydrogen-bond donors (Lipinski definition) is 0. The van der Waals surface area contributed by atoms with Crippen LogP contribution >= 0.6 is 7.14 Å². The lowest BCUT2D eigenvalue weighted by Gasteiger charge is -2.16. The van der Waals surface area contributed by atoms with Crippen LogP contribution in [0.4, 0.5) is 0 Å². The summed E-state index contributed by atoms with van der Waals surface area (Å²) in [6, 6.07) is 0. The second-order valence-corrected chi connectivity index (χ2v) is 7.56. The van der Waals surface area contributed by atoms with Crippen molar-refractivity contribution in [2.45, 2.75) is 39.5 Å². The maximum atomic E-state index is 12.6. The van der Waals surface area contributed by atoms with Crippen LogP contribution in [0.3, 0.4) is 0 Å². The summed E-state index contributed by atoms with van der Waals surface area (Å²) in [5.41, 5.74) is 0. The molecule has 0 fully saturated rings. The first-order valence-electron chi connectivity index (χ1n) is 6.24. The van der Waals surface area contributed by atoms with Crippen molar-refractivity contribution in [1.29, 1.82) is 0 Å². The summed E-state index contributed by atoms with van der Waals surface area (Å²) in [6.45, 7) is 4.09. The van der Waals surface area contributed by atoms with Crippen molar-refractivity contribution >= 4 is 13.1 Å². The van der Waals surface area contributed by atoms with Gasteiger partial charge in [-0.3, -0.25) is 4.79 Å². The Morgan fingerprint density at radius 1 is 1.24 bits per heavy atom. The van der Waals surface area contributed by atoms with Gasteiger partial charge in [-0.2, -0.15) is 0 Å². The van der Waals surface area contributed by atoms with Gasteiger partial charge in [-0.25, -0.2) is 0 Å². The minimum Gasteiger partial charge on any atom is -0.452 e. The van der Waals surface area contributed by atoms with Gasteiger partial charge in [0.05, 0.1) is 13.3 Å². The van der Waals surface area contributed by atoms with E-state index in [1.807, 2.05) is 0 Å². The lowest BCUT2D eigenvalue weighted by molar-refractivity contribution is -0.139. The van der Waals surface area contributed by atoms with Crippen LogP contribution in [0, 0.1) is 12.3 Å².